The van der Waals surface area contributed by atoms with E-state index in [-0.39, 0.29) is 48.1 Å². The fourth-order valence-corrected chi connectivity index (χ4v) is 7.00. The van der Waals surface area contributed by atoms with Gasteiger partial charge in [-0.3, -0.25) is 9.59 Å². The van der Waals surface area contributed by atoms with Crippen molar-refractivity contribution < 1.29 is 42.9 Å². The van der Waals surface area contributed by atoms with Crippen LogP contribution in [0.25, 0.3) is 50.1 Å². The van der Waals surface area contributed by atoms with Crippen molar-refractivity contribution in [1.82, 2.24) is 9.13 Å². The van der Waals surface area contributed by atoms with E-state index in [1.165, 1.54) is 44.6 Å². The Labute approximate surface area is 330 Å². The van der Waals surface area contributed by atoms with Gasteiger partial charge >= 0.3 is 11.9 Å². The van der Waals surface area contributed by atoms with Gasteiger partial charge in [-0.15, -0.1) is 0 Å². The van der Waals surface area contributed by atoms with Crippen LogP contribution in [0.4, 0.5) is 8.78 Å². The number of methoxy groups -OCH3 is 2. The highest BCUT2D eigenvalue weighted by Crippen LogP contribution is 2.42. The molecule has 2 N–H and O–H groups in total. The van der Waals surface area contributed by atoms with Crippen LogP contribution in [0, 0.1) is 11.6 Å². The largest absolute Gasteiger partial charge is 0.512 e. The molecule has 2 aromatic heterocycles. The molecule has 0 spiro atoms. The lowest BCUT2D eigenvalue weighted by Gasteiger charge is -2.20. The summed E-state index contributed by atoms with van der Waals surface area (Å²) in [5, 5.41) is 23.1. The molecule has 0 radical (unpaired) electrons. The van der Waals surface area contributed by atoms with E-state index in [9.17, 15) is 33.4 Å². The maximum Gasteiger partial charge on any atom is 0.333 e. The van der Waals surface area contributed by atoms with Gasteiger partial charge in [-0.1, -0.05) is 60.7 Å². The van der Waals surface area contributed by atoms with Crippen molar-refractivity contribution in [2.24, 2.45) is 0 Å². The Kier molecular flexibility index (Phi) is 13.6. The first-order valence-electron chi connectivity index (χ1n) is 18.5. The monoisotopic (exact) mass is 776 g/mol. The number of nitrogens with zero attached hydrogens (tertiary/aromatic N) is 2. The minimum atomic E-state index is -1.09. The molecule has 2 heterocycles. The number of carbonyl (C=O) groups excluding carboxylic acids is 3. The number of aromatic nitrogens is 2. The van der Waals surface area contributed by atoms with Crippen LogP contribution >= 0.6 is 0 Å². The number of hydrogen-bond acceptors (Lipinski definition) is 7. The quantitative estimate of drug-likeness (QED) is 0.0549. The molecule has 6 rings (SSSR count). The number of ketones is 1. The van der Waals surface area contributed by atoms with E-state index in [0.29, 0.717) is 5.69 Å². The lowest BCUT2D eigenvalue weighted by atomic mass is 9.98. The van der Waals surface area contributed by atoms with E-state index >= 15 is 0 Å². The van der Waals surface area contributed by atoms with E-state index < -0.39 is 18.0 Å². The second kappa shape index (κ2) is 18.5. The van der Waals surface area contributed by atoms with Gasteiger partial charge < -0.3 is 28.8 Å². The van der Waals surface area contributed by atoms with Crippen molar-refractivity contribution in [3.05, 3.63) is 138 Å². The standard InChI is InChI=1S/C23H24FNO4.C23H22FNO3/c1-14(2)25-19-7-5-4-6-18(19)22(15-8-10-16(24)11-9-15)23(25)20(27)12-17(26)13-21(28)29-3;1-15(2)25-20-7-5-4-6-19(20)23(16-8-10-17(24)11-9-16)21(25)13-12-18(26)14-22(27)28-3/h4-11,13-14,20,26-27H,12H2,1-3H3;4-13,15H,14H2,1-3H3/b17-13-;13-12+. The molecule has 0 fully saturated rings. The average molecular weight is 777 g/mol. The molecule has 11 heteroatoms. The van der Waals surface area contributed by atoms with E-state index in [2.05, 4.69) is 27.9 Å². The maximum atomic E-state index is 13.5. The first-order valence-corrected chi connectivity index (χ1v) is 18.5. The summed E-state index contributed by atoms with van der Waals surface area (Å²) in [6.07, 6.45) is 2.52. The Morgan fingerprint density at radius 3 is 1.70 bits per heavy atom. The zero-order valence-electron chi connectivity index (χ0n) is 32.7. The van der Waals surface area contributed by atoms with Crippen LogP contribution in [0.15, 0.2) is 115 Å². The van der Waals surface area contributed by atoms with Crippen LogP contribution in [0.3, 0.4) is 0 Å². The number of rotatable bonds is 12. The van der Waals surface area contributed by atoms with E-state index in [1.54, 1.807) is 30.3 Å². The van der Waals surface area contributed by atoms with Gasteiger partial charge in [0.25, 0.3) is 0 Å². The average Bonchev–Trinajstić information content (AvgIpc) is 3.71. The van der Waals surface area contributed by atoms with Crippen molar-refractivity contribution in [1.29, 1.82) is 0 Å². The highest BCUT2D eigenvalue weighted by atomic mass is 19.1. The minimum absolute atomic E-state index is 0.0190. The van der Waals surface area contributed by atoms with Crippen molar-refractivity contribution in [3.63, 3.8) is 0 Å². The van der Waals surface area contributed by atoms with Gasteiger partial charge in [0, 0.05) is 51.4 Å². The Morgan fingerprint density at radius 1 is 0.702 bits per heavy atom. The van der Waals surface area contributed by atoms with Crippen LogP contribution in [0.5, 0.6) is 0 Å². The van der Waals surface area contributed by atoms with E-state index in [1.807, 2.05) is 66.9 Å². The number of aliphatic hydroxyl groups excluding tert-OH is 2. The number of para-hydroxylation sites is 2. The summed E-state index contributed by atoms with van der Waals surface area (Å²) < 4.78 is 40.2. The van der Waals surface area contributed by atoms with Crippen molar-refractivity contribution in [2.75, 3.05) is 14.2 Å². The molecule has 0 aliphatic heterocycles. The summed E-state index contributed by atoms with van der Waals surface area (Å²) in [6, 6.07) is 28.2. The molecular formula is C46H46F2N2O7. The number of esters is 2. The van der Waals surface area contributed by atoms with Crippen LogP contribution in [-0.4, -0.2) is 51.3 Å². The van der Waals surface area contributed by atoms with Crippen molar-refractivity contribution in [3.8, 4) is 22.3 Å². The molecule has 0 amide bonds. The van der Waals surface area contributed by atoms with Crippen molar-refractivity contribution >= 4 is 45.6 Å². The maximum absolute atomic E-state index is 13.5. The molecule has 0 aliphatic rings. The second-order valence-corrected chi connectivity index (χ2v) is 13.9. The molecule has 0 aliphatic carbocycles. The molecule has 1 unspecified atom stereocenters. The van der Waals surface area contributed by atoms with Crippen LogP contribution in [0.1, 0.15) is 70.1 Å². The topological polar surface area (TPSA) is 120 Å². The van der Waals surface area contributed by atoms with Crippen LogP contribution < -0.4 is 0 Å². The molecular weight excluding hydrogens is 731 g/mol. The Bertz CT molecular complexity index is 2440. The minimum Gasteiger partial charge on any atom is -0.512 e. The zero-order valence-corrected chi connectivity index (χ0v) is 32.7. The third-order valence-electron chi connectivity index (χ3n) is 9.37. The van der Waals surface area contributed by atoms with Gasteiger partial charge in [0.1, 0.15) is 29.9 Å². The molecule has 0 saturated carbocycles. The SMILES string of the molecule is COC(=O)/C=C(\O)CC(O)c1c(-c2ccc(F)cc2)c2ccccc2n1C(C)C.COC(=O)CC(=O)/C=C/c1c(-c2ccc(F)cc2)c2ccccc2n1C(C)C. The van der Waals surface area contributed by atoms with Gasteiger partial charge in [0.2, 0.25) is 0 Å². The third-order valence-corrected chi connectivity index (χ3v) is 9.37. The number of benzene rings is 4. The molecule has 0 bridgehead atoms. The molecule has 9 nitrogen and oxygen atoms in total. The number of ether oxygens (including phenoxy) is 2. The first kappa shape index (κ1) is 41.8. The predicted molar refractivity (Wildman–Crippen MR) is 218 cm³/mol. The third kappa shape index (κ3) is 9.56. The van der Waals surface area contributed by atoms with Crippen LogP contribution in [-0.2, 0) is 23.9 Å². The number of halogens is 2. The lowest BCUT2D eigenvalue weighted by molar-refractivity contribution is -0.142. The molecule has 6 aromatic rings. The Balaban J connectivity index is 0.000000218. The first-order chi connectivity index (χ1) is 27.2. The lowest BCUT2D eigenvalue weighted by Crippen LogP contribution is -2.12. The molecule has 0 saturated heterocycles. The normalized spacial score (nSPS) is 12.3. The fourth-order valence-electron chi connectivity index (χ4n) is 7.00. The Hall–Kier alpha value is -6.33. The fraction of sp³-hybridized carbons (Fsp3) is 0.239. The number of carbonyl (C=O) groups is 3. The summed E-state index contributed by atoms with van der Waals surface area (Å²) in [4.78, 5) is 34.9. The molecule has 57 heavy (non-hydrogen) atoms. The Morgan fingerprint density at radius 2 is 1.19 bits per heavy atom. The zero-order chi connectivity index (χ0) is 41.4. The van der Waals surface area contributed by atoms with Gasteiger partial charge in [-0.05, 0) is 87.4 Å². The summed E-state index contributed by atoms with van der Waals surface area (Å²) in [6.45, 7) is 8.13. The van der Waals surface area contributed by atoms with Gasteiger partial charge in [-0.2, -0.15) is 0 Å². The molecule has 4 aromatic carbocycles. The van der Waals surface area contributed by atoms with Gasteiger partial charge in [0.05, 0.1) is 31.7 Å². The van der Waals surface area contributed by atoms with Crippen molar-refractivity contribution in [2.45, 2.75) is 58.7 Å². The molecule has 1 atom stereocenters. The smallest absolute Gasteiger partial charge is 0.333 e. The highest BCUT2D eigenvalue weighted by Gasteiger charge is 2.26. The number of hydrogen-bond donors (Lipinski definition) is 2. The van der Waals surface area contributed by atoms with E-state index in [4.69, 9.17) is 0 Å². The van der Waals surface area contributed by atoms with Gasteiger partial charge in [-0.25, -0.2) is 13.6 Å². The number of aliphatic hydroxyl groups is 2. The summed E-state index contributed by atoms with van der Waals surface area (Å²) in [5.74, 6) is -2.54. The summed E-state index contributed by atoms with van der Waals surface area (Å²) >= 11 is 0. The number of allylic oxidation sites excluding steroid dienone is 1. The molecule has 296 valence electrons. The second-order valence-electron chi connectivity index (χ2n) is 13.9. The number of fused-ring (bicyclic) bond motifs is 2. The van der Waals surface area contributed by atoms with E-state index in [0.717, 1.165) is 55.8 Å². The summed E-state index contributed by atoms with van der Waals surface area (Å²) in [5.41, 5.74) is 6.69. The predicted octanol–water partition coefficient (Wildman–Crippen LogP) is 10.2. The summed E-state index contributed by atoms with van der Waals surface area (Å²) in [7, 11) is 2.47. The highest BCUT2D eigenvalue weighted by molar-refractivity contribution is 6.06. The van der Waals surface area contributed by atoms with Gasteiger partial charge in [0.15, 0.2) is 5.78 Å². The van der Waals surface area contributed by atoms with Crippen LogP contribution in [0.2, 0.25) is 0 Å².